The molecular weight excluding hydrogens is 638 g/mol. The normalized spacial score (nSPS) is 12.4. The maximum absolute atomic E-state index is 11.2. The van der Waals surface area contributed by atoms with Crippen LogP contribution < -0.4 is 0 Å². The van der Waals surface area contributed by atoms with Gasteiger partial charge in [0.2, 0.25) is 11.8 Å². The van der Waals surface area contributed by atoms with Crippen molar-refractivity contribution >= 4 is 47.6 Å². The second-order valence-corrected chi connectivity index (χ2v) is 9.34. The Morgan fingerprint density at radius 2 is 0.917 bits per heavy atom. The van der Waals surface area contributed by atoms with Crippen molar-refractivity contribution in [3.05, 3.63) is 36.5 Å². The van der Waals surface area contributed by atoms with E-state index in [2.05, 4.69) is 19.1 Å². The first-order chi connectivity index (χ1) is 22.7. The van der Waals surface area contributed by atoms with Gasteiger partial charge in [-0.2, -0.15) is 0 Å². The van der Waals surface area contributed by atoms with Crippen LogP contribution in [0.2, 0.25) is 0 Å². The van der Waals surface area contributed by atoms with Gasteiger partial charge in [-0.25, -0.2) is 28.8 Å². The molecule has 0 aliphatic carbocycles. The predicted molar refractivity (Wildman–Crippen MR) is 169 cm³/mol. The smallest absolute Gasteiger partial charge is 0.331 e. The summed E-state index contributed by atoms with van der Waals surface area (Å²) in [6.45, 7) is 7.85. The zero-order chi connectivity index (χ0) is 36.9. The van der Waals surface area contributed by atoms with Gasteiger partial charge in [0.1, 0.15) is 19.8 Å². The number of ether oxygens (including phenoxy) is 6. The number of hydrogen-bond acceptors (Lipinski definition) is 16. The summed E-state index contributed by atoms with van der Waals surface area (Å²) < 4.78 is 27.3. The van der Waals surface area contributed by atoms with E-state index < -0.39 is 35.8 Å². The van der Waals surface area contributed by atoms with Crippen LogP contribution in [0.15, 0.2) is 36.5 Å². The second-order valence-electron chi connectivity index (χ2n) is 9.34. The number of carbonyl (C=O) groups is 8. The summed E-state index contributed by atoms with van der Waals surface area (Å²) in [6, 6.07) is 0. The van der Waals surface area contributed by atoms with Gasteiger partial charge in [-0.1, -0.05) is 13.8 Å². The Morgan fingerprint density at radius 3 is 1.25 bits per heavy atom. The lowest BCUT2D eigenvalue weighted by Gasteiger charge is -2.16. The van der Waals surface area contributed by atoms with Gasteiger partial charge in [0.05, 0.1) is 27.9 Å². The van der Waals surface area contributed by atoms with Crippen molar-refractivity contribution in [2.24, 2.45) is 0 Å². The third kappa shape index (κ3) is 25.3. The van der Waals surface area contributed by atoms with Crippen LogP contribution in [-0.4, -0.2) is 150 Å². The molecule has 0 aromatic heterocycles. The van der Waals surface area contributed by atoms with Crippen molar-refractivity contribution < 1.29 is 66.8 Å². The lowest BCUT2D eigenvalue weighted by atomic mass is 10.4. The molecule has 48 heavy (non-hydrogen) atoms. The SMILES string of the molecule is CCN(CC)CCOC(=O)/C=C/C(=O)OC.COC(=O)/C=C/C(=O)OCCN(C)C.COC(=O)/C=C/C(=O)OCCN1C(=O)CCC1=O. The average Bonchev–Trinajstić information content (AvgIpc) is 3.39. The van der Waals surface area contributed by atoms with Gasteiger partial charge >= 0.3 is 35.8 Å². The van der Waals surface area contributed by atoms with Gasteiger partial charge in [-0.15, -0.1) is 0 Å². The molecule has 17 nitrogen and oxygen atoms in total. The molecule has 1 aliphatic rings. The van der Waals surface area contributed by atoms with Crippen LogP contribution in [-0.2, 0) is 66.8 Å². The molecule has 1 heterocycles. The van der Waals surface area contributed by atoms with Gasteiger partial charge in [0.15, 0.2) is 0 Å². The molecule has 0 N–H and O–H groups in total. The number of likely N-dealkylation sites (N-methyl/N-ethyl adjacent to an activating group) is 2. The summed E-state index contributed by atoms with van der Waals surface area (Å²) >= 11 is 0. The standard InChI is InChI=1S/C11H13NO6.C11H19NO4.C9H15NO4/c1-17-10(15)4-5-11(16)18-7-6-12-8(13)2-3-9(12)14;1-4-12(5-2)8-9-16-11(14)7-6-10(13)15-3;1-10(2)6-7-14-9(12)5-4-8(11)13-3/h4-5H,2-3,6-7H2,1H3;6-7H,4-5,8-9H2,1-3H3;4-5H,6-7H2,1-3H3/b5-4+;7-6+;5-4+. The van der Waals surface area contributed by atoms with Crippen LogP contribution in [0.1, 0.15) is 26.7 Å². The first kappa shape index (κ1) is 45.2. The molecule has 0 radical (unpaired) electrons. The molecule has 1 rings (SSSR count). The predicted octanol–water partition coefficient (Wildman–Crippen LogP) is -0.171. The van der Waals surface area contributed by atoms with Crippen LogP contribution in [0.3, 0.4) is 0 Å². The van der Waals surface area contributed by atoms with Crippen molar-refractivity contribution in [1.82, 2.24) is 14.7 Å². The lowest BCUT2D eigenvalue weighted by Crippen LogP contribution is -2.32. The quantitative estimate of drug-likeness (QED) is 0.0844. The Kier molecular flexibility index (Phi) is 26.7. The molecule has 0 atom stereocenters. The molecule has 1 saturated heterocycles. The molecule has 0 spiro atoms. The minimum atomic E-state index is -0.737. The van der Waals surface area contributed by atoms with Crippen molar-refractivity contribution in [3.63, 3.8) is 0 Å². The number of nitrogens with zero attached hydrogens (tertiary/aromatic N) is 3. The van der Waals surface area contributed by atoms with E-state index in [9.17, 15) is 38.4 Å². The van der Waals surface area contributed by atoms with E-state index in [-0.39, 0.29) is 37.8 Å². The Hall–Kier alpha value is -4.90. The van der Waals surface area contributed by atoms with Crippen LogP contribution in [0.5, 0.6) is 0 Å². The van der Waals surface area contributed by atoms with Crippen molar-refractivity contribution in [2.45, 2.75) is 26.7 Å². The summed E-state index contributed by atoms with van der Waals surface area (Å²) in [5, 5.41) is 0. The molecule has 0 saturated carbocycles. The van der Waals surface area contributed by atoms with E-state index in [1.165, 1.54) is 21.3 Å². The summed E-state index contributed by atoms with van der Waals surface area (Å²) in [7, 11) is 7.42. The minimum Gasteiger partial charge on any atom is -0.466 e. The zero-order valence-electron chi connectivity index (χ0n) is 28.6. The summed E-state index contributed by atoms with van der Waals surface area (Å²) in [4.78, 5) is 92.5. The first-order valence-corrected chi connectivity index (χ1v) is 14.7. The van der Waals surface area contributed by atoms with E-state index in [0.29, 0.717) is 26.3 Å². The van der Waals surface area contributed by atoms with Gasteiger partial charge in [0.25, 0.3) is 0 Å². The Labute approximate surface area is 280 Å². The highest BCUT2D eigenvalue weighted by molar-refractivity contribution is 6.02. The van der Waals surface area contributed by atoms with Crippen molar-refractivity contribution in [3.8, 4) is 0 Å². The number of esters is 6. The van der Waals surface area contributed by atoms with Crippen LogP contribution >= 0.6 is 0 Å². The number of hydrogen-bond donors (Lipinski definition) is 0. The van der Waals surface area contributed by atoms with Crippen LogP contribution in [0.25, 0.3) is 0 Å². The third-order valence-corrected chi connectivity index (χ3v) is 5.71. The van der Waals surface area contributed by atoms with Crippen molar-refractivity contribution in [1.29, 1.82) is 0 Å². The van der Waals surface area contributed by atoms with Gasteiger partial charge in [-0.3, -0.25) is 14.5 Å². The maximum atomic E-state index is 11.2. The zero-order valence-corrected chi connectivity index (χ0v) is 28.6. The number of rotatable bonds is 17. The minimum absolute atomic E-state index is 0.0372. The number of amides is 2. The molecule has 1 fully saturated rings. The van der Waals surface area contributed by atoms with E-state index in [1.807, 2.05) is 32.8 Å². The second kappa shape index (κ2) is 28.3. The summed E-state index contributed by atoms with van der Waals surface area (Å²) in [5.74, 6) is -4.15. The molecule has 0 bridgehead atoms. The fourth-order valence-electron chi connectivity index (χ4n) is 3.01. The Bertz CT molecular complexity index is 1130. The number of carbonyl (C=O) groups excluding carboxylic acids is 8. The first-order valence-electron chi connectivity index (χ1n) is 14.7. The van der Waals surface area contributed by atoms with E-state index in [4.69, 9.17) is 14.2 Å². The average molecular weight is 686 g/mol. The molecule has 1 aliphatic heterocycles. The van der Waals surface area contributed by atoms with Gasteiger partial charge in [0, 0.05) is 62.4 Å². The van der Waals surface area contributed by atoms with Crippen LogP contribution in [0, 0.1) is 0 Å². The van der Waals surface area contributed by atoms with E-state index in [0.717, 1.165) is 54.4 Å². The van der Waals surface area contributed by atoms with Crippen molar-refractivity contribution in [2.75, 3.05) is 88.0 Å². The highest BCUT2D eigenvalue weighted by Crippen LogP contribution is 2.10. The summed E-state index contributed by atoms with van der Waals surface area (Å²) in [5.41, 5.74) is 0. The fourth-order valence-corrected chi connectivity index (χ4v) is 3.01. The highest BCUT2D eigenvalue weighted by atomic mass is 16.5. The molecule has 17 heteroatoms. The topological polar surface area (TPSA) is 202 Å². The Balaban J connectivity index is 0. The lowest BCUT2D eigenvalue weighted by molar-refractivity contribution is -0.144. The Morgan fingerprint density at radius 1 is 0.583 bits per heavy atom. The molecule has 0 aromatic carbocycles. The molecule has 0 aromatic rings. The fraction of sp³-hybridized carbons (Fsp3) is 0.548. The van der Waals surface area contributed by atoms with E-state index in [1.54, 1.807) is 0 Å². The largest absolute Gasteiger partial charge is 0.466 e. The highest BCUT2D eigenvalue weighted by Gasteiger charge is 2.28. The third-order valence-electron chi connectivity index (χ3n) is 5.71. The molecule has 2 amide bonds. The number of methoxy groups -OCH3 is 3. The monoisotopic (exact) mass is 685 g/mol. The van der Waals surface area contributed by atoms with Crippen LogP contribution in [0.4, 0.5) is 0 Å². The van der Waals surface area contributed by atoms with Gasteiger partial charge < -0.3 is 38.2 Å². The number of imide groups is 1. The molecule has 270 valence electrons. The van der Waals surface area contributed by atoms with E-state index >= 15 is 0 Å². The number of likely N-dealkylation sites (tertiary alicyclic amines) is 1. The van der Waals surface area contributed by atoms with Gasteiger partial charge in [-0.05, 0) is 27.2 Å². The molecular formula is C31H47N3O14. The summed E-state index contributed by atoms with van der Waals surface area (Å²) in [6.07, 6.45) is 6.42. The molecule has 0 unspecified atom stereocenters. The maximum Gasteiger partial charge on any atom is 0.331 e.